The highest BCUT2D eigenvalue weighted by Crippen LogP contribution is 2.21. The number of tetrazole rings is 1. The second-order valence-electron chi connectivity index (χ2n) is 3.84. The Labute approximate surface area is 121 Å². The van der Waals surface area contributed by atoms with Crippen LogP contribution in [0.1, 0.15) is 0 Å². The molecule has 0 bridgehead atoms. The Morgan fingerprint density at radius 3 is 2.95 bits per heavy atom. The van der Waals surface area contributed by atoms with Gasteiger partial charge in [-0.05, 0) is 16.5 Å². The molecule has 2 rings (SSSR count). The number of nitro groups is 1. The van der Waals surface area contributed by atoms with Gasteiger partial charge in [0.05, 0.1) is 16.4 Å². The standard InChI is InChI=1S/C10H9FN6O3S/c1-16-10(13-14-15-16)21-5-9(18)12-8-4-6(17(19)20)2-3-7(8)11/h2-4H,5H2,1H3,(H,12,18). The number of anilines is 1. The maximum atomic E-state index is 13.5. The van der Waals surface area contributed by atoms with Crippen molar-refractivity contribution in [2.75, 3.05) is 11.1 Å². The third kappa shape index (κ3) is 3.72. The number of amides is 1. The van der Waals surface area contributed by atoms with E-state index in [0.717, 1.165) is 30.0 Å². The van der Waals surface area contributed by atoms with Crippen molar-refractivity contribution in [1.29, 1.82) is 0 Å². The highest BCUT2D eigenvalue weighted by atomic mass is 32.2. The van der Waals surface area contributed by atoms with Crippen LogP contribution in [0.25, 0.3) is 0 Å². The summed E-state index contributed by atoms with van der Waals surface area (Å²) in [7, 11) is 1.61. The van der Waals surface area contributed by atoms with Gasteiger partial charge in [-0.15, -0.1) is 5.10 Å². The Morgan fingerprint density at radius 1 is 1.57 bits per heavy atom. The summed E-state index contributed by atoms with van der Waals surface area (Å²) < 4.78 is 14.9. The largest absolute Gasteiger partial charge is 0.323 e. The Balaban J connectivity index is 2.01. The summed E-state index contributed by atoms with van der Waals surface area (Å²) in [6, 6.07) is 2.90. The third-order valence-electron chi connectivity index (χ3n) is 2.35. The van der Waals surface area contributed by atoms with Gasteiger partial charge in [-0.1, -0.05) is 11.8 Å². The predicted molar refractivity (Wildman–Crippen MR) is 71.2 cm³/mol. The van der Waals surface area contributed by atoms with Crippen molar-refractivity contribution in [3.8, 4) is 0 Å². The zero-order chi connectivity index (χ0) is 15.4. The van der Waals surface area contributed by atoms with Gasteiger partial charge < -0.3 is 5.32 Å². The predicted octanol–water partition coefficient (Wildman–Crippen LogP) is 0.988. The first-order chi connectivity index (χ1) is 9.97. The molecule has 0 spiro atoms. The maximum Gasteiger partial charge on any atom is 0.271 e. The van der Waals surface area contributed by atoms with Crippen LogP contribution in [0.5, 0.6) is 0 Å². The Morgan fingerprint density at radius 2 is 2.33 bits per heavy atom. The first-order valence-electron chi connectivity index (χ1n) is 5.56. The van der Waals surface area contributed by atoms with E-state index in [1.54, 1.807) is 7.05 Å². The van der Waals surface area contributed by atoms with Crippen molar-refractivity contribution in [3.05, 3.63) is 34.1 Å². The molecule has 110 valence electrons. The van der Waals surface area contributed by atoms with E-state index in [1.807, 2.05) is 0 Å². The maximum absolute atomic E-state index is 13.5. The van der Waals surface area contributed by atoms with E-state index in [2.05, 4.69) is 20.8 Å². The Kier molecular flexibility index (Phi) is 4.42. The molecule has 1 aromatic carbocycles. The number of non-ortho nitro benzene ring substituents is 1. The zero-order valence-corrected chi connectivity index (χ0v) is 11.5. The molecule has 0 unspecified atom stereocenters. The van der Waals surface area contributed by atoms with Crippen LogP contribution in [-0.4, -0.2) is 36.8 Å². The minimum absolute atomic E-state index is 0.0592. The molecule has 0 saturated carbocycles. The van der Waals surface area contributed by atoms with Crippen molar-refractivity contribution in [1.82, 2.24) is 20.2 Å². The summed E-state index contributed by atoms with van der Waals surface area (Å²) in [6.07, 6.45) is 0. The van der Waals surface area contributed by atoms with Gasteiger partial charge >= 0.3 is 0 Å². The molecule has 11 heteroatoms. The van der Waals surface area contributed by atoms with Gasteiger partial charge in [-0.3, -0.25) is 14.9 Å². The molecule has 2 aromatic rings. The molecule has 1 amide bonds. The van der Waals surface area contributed by atoms with Crippen molar-refractivity contribution in [2.45, 2.75) is 5.16 Å². The van der Waals surface area contributed by atoms with Crippen molar-refractivity contribution >= 4 is 29.0 Å². The molecule has 1 N–H and O–H groups in total. The van der Waals surface area contributed by atoms with Crippen molar-refractivity contribution < 1.29 is 14.1 Å². The second-order valence-corrected chi connectivity index (χ2v) is 4.79. The average Bonchev–Trinajstić information content (AvgIpc) is 2.84. The van der Waals surface area contributed by atoms with Gasteiger partial charge in [0.2, 0.25) is 11.1 Å². The molecule has 0 aliphatic heterocycles. The van der Waals surface area contributed by atoms with Crippen LogP contribution >= 0.6 is 11.8 Å². The van der Waals surface area contributed by atoms with Crippen LogP contribution in [0.15, 0.2) is 23.4 Å². The van der Waals surface area contributed by atoms with Gasteiger partial charge in [0, 0.05) is 19.2 Å². The van der Waals surface area contributed by atoms with E-state index in [0.29, 0.717) is 5.16 Å². The fraction of sp³-hybridized carbons (Fsp3) is 0.200. The van der Waals surface area contributed by atoms with Gasteiger partial charge in [-0.2, -0.15) is 0 Å². The van der Waals surface area contributed by atoms with E-state index < -0.39 is 16.6 Å². The SMILES string of the molecule is Cn1nnnc1SCC(=O)Nc1cc([N+](=O)[O-])ccc1F. The average molecular weight is 312 g/mol. The summed E-state index contributed by atoms with van der Waals surface area (Å²) in [5.41, 5.74) is -0.553. The van der Waals surface area contributed by atoms with Gasteiger partial charge in [0.15, 0.2) is 0 Å². The summed E-state index contributed by atoms with van der Waals surface area (Å²) in [4.78, 5) is 21.6. The quantitative estimate of drug-likeness (QED) is 0.497. The van der Waals surface area contributed by atoms with Crippen LogP contribution in [0.3, 0.4) is 0 Å². The van der Waals surface area contributed by atoms with E-state index in [-0.39, 0.29) is 17.1 Å². The number of aromatic nitrogens is 4. The summed E-state index contributed by atoms with van der Waals surface area (Å²) in [5, 5.41) is 24.0. The molecule has 9 nitrogen and oxygen atoms in total. The zero-order valence-electron chi connectivity index (χ0n) is 10.7. The summed E-state index contributed by atoms with van der Waals surface area (Å²) >= 11 is 1.06. The molecule has 0 radical (unpaired) electrons. The topological polar surface area (TPSA) is 116 Å². The Bertz CT molecular complexity index is 691. The minimum atomic E-state index is -0.751. The van der Waals surface area contributed by atoms with E-state index in [9.17, 15) is 19.3 Å². The van der Waals surface area contributed by atoms with Crippen LogP contribution in [0.2, 0.25) is 0 Å². The molecule has 0 aliphatic carbocycles. The van der Waals surface area contributed by atoms with Crippen LogP contribution in [0, 0.1) is 15.9 Å². The van der Waals surface area contributed by atoms with Crippen molar-refractivity contribution in [2.24, 2.45) is 7.05 Å². The molecular weight excluding hydrogens is 303 g/mol. The van der Waals surface area contributed by atoms with Crippen molar-refractivity contribution in [3.63, 3.8) is 0 Å². The number of nitrogens with one attached hydrogen (secondary N) is 1. The number of nitrogens with zero attached hydrogens (tertiary/aromatic N) is 5. The molecule has 1 heterocycles. The van der Waals surface area contributed by atoms with Gasteiger partial charge in [-0.25, -0.2) is 9.07 Å². The lowest BCUT2D eigenvalue weighted by Gasteiger charge is -2.05. The number of rotatable bonds is 5. The number of thioether (sulfide) groups is 1. The first kappa shape index (κ1) is 14.8. The van der Waals surface area contributed by atoms with Crippen LogP contribution in [-0.2, 0) is 11.8 Å². The second kappa shape index (κ2) is 6.26. The molecule has 21 heavy (non-hydrogen) atoms. The monoisotopic (exact) mass is 312 g/mol. The fourth-order valence-corrected chi connectivity index (χ4v) is 2.03. The van der Waals surface area contributed by atoms with E-state index >= 15 is 0 Å². The van der Waals surface area contributed by atoms with Crippen LogP contribution in [0.4, 0.5) is 15.8 Å². The summed E-state index contributed by atoms with van der Waals surface area (Å²) in [5.74, 6) is -1.34. The molecule has 0 fully saturated rings. The van der Waals surface area contributed by atoms with Crippen LogP contribution < -0.4 is 5.32 Å². The number of benzene rings is 1. The highest BCUT2D eigenvalue weighted by molar-refractivity contribution is 7.99. The van der Waals surface area contributed by atoms with E-state index in [1.165, 1.54) is 4.68 Å². The molecule has 0 aliphatic rings. The molecule has 0 atom stereocenters. The molecule has 0 saturated heterocycles. The summed E-state index contributed by atoms with van der Waals surface area (Å²) in [6.45, 7) is 0. The number of aryl methyl sites for hydroxylation is 1. The lowest BCUT2D eigenvalue weighted by atomic mass is 10.2. The number of nitro benzene ring substituents is 1. The number of hydrogen-bond donors (Lipinski definition) is 1. The third-order valence-corrected chi connectivity index (χ3v) is 3.36. The number of carbonyl (C=O) groups excluding carboxylic acids is 1. The smallest absolute Gasteiger partial charge is 0.271 e. The lowest BCUT2D eigenvalue weighted by molar-refractivity contribution is -0.384. The lowest BCUT2D eigenvalue weighted by Crippen LogP contribution is -2.15. The number of halogens is 1. The molecule has 1 aromatic heterocycles. The highest BCUT2D eigenvalue weighted by Gasteiger charge is 2.14. The fourth-order valence-electron chi connectivity index (χ4n) is 1.38. The number of hydrogen-bond acceptors (Lipinski definition) is 7. The first-order valence-corrected chi connectivity index (χ1v) is 6.55. The van der Waals surface area contributed by atoms with Gasteiger partial charge in [0.25, 0.3) is 5.69 Å². The Hall–Kier alpha value is -2.56. The minimum Gasteiger partial charge on any atom is -0.323 e. The molecular formula is C10H9FN6O3S. The normalized spacial score (nSPS) is 10.4. The van der Waals surface area contributed by atoms with E-state index in [4.69, 9.17) is 0 Å². The van der Waals surface area contributed by atoms with Gasteiger partial charge in [0.1, 0.15) is 5.82 Å². The number of carbonyl (C=O) groups is 1.